The lowest BCUT2D eigenvalue weighted by atomic mass is 10.1. The summed E-state index contributed by atoms with van der Waals surface area (Å²) in [4.78, 5) is 0.300. The molecule has 0 fully saturated rings. The molecule has 0 aromatic heterocycles. The lowest BCUT2D eigenvalue weighted by Crippen LogP contribution is -2.27. The molecule has 1 aliphatic rings. The van der Waals surface area contributed by atoms with Gasteiger partial charge in [0.15, 0.2) is 0 Å². The zero-order valence-corrected chi connectivity index (χ0v) is 11.0. The van der Waals surface area contributed by atoms with Gasteiger partial charge in [0.25, 0.3) is 10.0 Å². The van der Waals surface area contributed by atoms with Crippen molar-refractivity contribution in [2.24, 2.45) is 10.3 Å². The number of benzene rings is 1. The molecule has 0 saturated carbocycles. The number of rotatable bonds is 2. The van der Waals surface area contributed by atoms with Crippen LogP contribution in [0.25, 0.3) is 0 Å². The first-order chi connectivity index (χ1) is 7.90. The molecule has 1 aliphatic heterocycles. The second kappa shape index (κ2) is 4.14. The highest BCUT2D eigenvalue weighted by Gasteiger charge is 2.28. The molecule has 0 atom stereocenters. The second-order valence-electron chi connectivity index (χ2n) is 4.69. The van der Waals surface area contributed by atoms with Crippen LogP contribution in [0.5, 0.6) is 0 Å². The number of aryl methyl sites for hydroxylation is 1. The third-order valence-electron chi connectivity index (χ3n) is 2.56. The molecule has 5 heteroatoms. The summed E-state index contributed by atoms with van der Waals surface area (Å²) in [7, 11) is -3.49. The summed E-state index contributed by atoms with van der Waals surface area (Å²) in [6.07, 6.45) is 0. The summed E-state index contributed by atoms with van der Waals surface area (Å²) in [6, 6.07) is 5.26. The Kier molecular flexibility index (Phi) is 2.95. The highest BCUT2D eigenvalue weighted by molar-refractivity contribution is 7.90. The fourth-order valence-electron chi connectivity index (χ4n) is 1.70. The molecule has 0 bridgehead atoms. The molecule has 0 amide bonds. The molecule has 1 heterocycles. The predicted octanol–water partition coefficient (Wildman–Crippen LogP) is 1.69. The van der Waals surface area contributed by atoms with Gasteiger partial charge in [-0.3, -0.25) is 0 Å². The molecule has 17 heavy (non-hydrogen) atoms. The van der Waals surface area contributed by atoms with E-state index in [1.807, 2.05) is 13.0 Å². The maximum absolute atomic E-state index is 11.8. The van der Waals surface area contributed by atoms with Crippen molar-refractivity contribution in [1.29, 1.82) is 0 Å². The predicted molar refractivity (Wildman–Crippen MR) is 67.7 cm³/mol. The molecule has 0 aliphatic carbocycles. The van der Waals surface area contributed by atoms with Crippen molar-refractivity contribution in [1.82, 2.24) is 5.32 Å². The lowest BCUT2D eigenvalue weighted by Gasteiger charge is -2.08. The first-order valence-corrected chi connectivity index (χ1v) is 7.04. The van der Waals surface area contributed by atoms with Crippen LogP contribution in [0.4, 0.5) is 0 Å². The maximum atomic E-state index is 11.8. The van der Waals surface area contributed by atoms with Crippen LogP contribution in [0.1, 0.15) is 25.0 Å². The van der Waals surface area contributed by atoms with Crippen molar-refractivity contribution in [3.05, 3.63) is 29.3 Å². The van der Waals surface area contributed by atoms with Gasteiger partial charge in [-0.2, -0.15) is 8.42 Å². The molecular formula is C12H16N2O2S. The van der Waals surface area contributed by atoms with Crippen LogP contribution in [-0.4, -0.2) is 20.8 Å². The molecule has 92 valence electrons. The van der Waals surface area contributed by atoms with Gasteiger partial charge in [-0.15, -0.1) is 4.40 Å². The molecule has 1 aromatic rings. The van der Waals surface area contributed by atoms with Crippen LogP contribution in [0.15, 0.2) is 27.5 Å². The average molecular weight is 252 g/mol. The molecule has 1 N–H and O–H groups in total. The number of fused-ring (bicyclic) bond motifs is 1. The number of hydrogen-bond acceptors (Lipinski definition) is 3. The molecule has 2 rings (SSSR count). The molecule has 0 radical (unpaired) electrons. The van der Waals surface area contributed by atoms with E-state index in [-0.39, 0.29) is 0 Å². The Morgan fingerprint density at radius 1 is 1.35 bits per heavy atom. The minimum atomic E-state index is -3.49. The monoisotopic (exact) mass is 252 g/mol. The number of amidine groups is 1. The topological polar surface area (TPSA) is 58.5 Å². The van der Waals surface area contributed by atoms with Crippen molar-refractivity contribution >= 4 is 15.9 Å². The van der Waals surface area contributed by atoms with E-state index in [0.29, 0.717) is 28.8 Å². The van der Waals surface area contributed by atoms with Crippen LogP contribution in [0.3, 0.4) is 0 Å². The molecule has 0 spiro atoms. The van der Waals surface area contributed by atoms with Crippen LogP contribution >= 0.6 is 0 Å². The normalized spacial score (nSPS) is 16.8. The average Bonchev–Trinajstić information content (AvgIpc) is 2.47. The standard InChI is InChI=1S/C12H16N2O2S/c1-8(2)7-13-12-10-6-9(3)4-5-11(10)17(15,16)14-12/h4-6,8H,7H2,1-3H3,(H,13,14). The fraction of sp³-hybridized carbons (Fsp3) is 0.417. The number of sulfonamides is 1. The van der Waals surface area contributed by atoms with Gasteiger partial charge in [-0.05, 0) is 25.0 Å². The lowest BCUT2D eigenvalue weighted by molar-refractivity contribution is 0.599. The smallest absolute Gasteiger partial charge is 0.285 e. The largest absolute Gasteiger partial charge is 0.369 e. The van der Waals surface area contributed by atoms with Crippen LogP contribution < -0.4 is 5.32 Å². The van der Waals surface area contributed by atoms with Gasteiger partial charge in [-0.25, -0.2) is 0 Å². The summed E-state index contributed by atoms with van der Waals surface area (Å²) >= 11 is 0. The number of nitrogens with one attached hydrogen (secondary N) is 1. The summed E-state index contributed by atoms with van der Waals surface area (Å²) in [5.74, 6) is 0.909. The Hall–Kier alpha value is -1.36. The Morgan fingerprint density at radius 2 is 2.06 bits per heavy atom. The molecular weight excluding hydrogens is 236 g/mol. The first-order valence-electron chi connectivity index (χ1n) is 5.60. The van der Waals surface area contributed by atoms with Gasteiger partial charge in [0.1, 0.15) is 10.7 Å². The van der Waals surface area contributed by atoms with Crippen molar-refractivity contribution in [3.8, 4) is 0 Å². The van der Waals surface area contributed by atoms with E-state index in [1.165, 1.54) is 0 Å². The van der Waals surface area contributed by atoms with Gasteiger partial charge >= 0.3 is 0 Å². The summed E-state index contributed by atoms with van der Waals surface area (Å²) in [6.45, 7) is 6.77. The van der Waals surface area contributed by atoms with Gasteiger partial charge in [0.2, 0.25) is 0 Å². The third kappa shape index (κ3) is 2.34. The van der Waals surface area contributed by atoms with E-state index in [2.05, 4.69) is 23.6 Å². The van der Waals surface area contributed by atoms with Crippen molar-refractivity contribution in [2.75, 3.05) is 6.54 Å². The van der Waals surface area contributed by atoms with E-state index in [1.54, 1.807) is 12.1 Å². The van der Waals surface area contributed by atoms with E-state index in [9.17, 15) is 8.42 Å². The van der Waals surface area contributed by atoms with E-state index in [4.69, 9.17) is 0 Å². The van der Waals surface area contributed by atoms with Crippen LogP contribution in [0, 0.1) is 12.8 Å². The zero-order chi connectivity index (χ0) is 12.6. The molecule has 4 nitrogen and oxygen atoms in total. The van der Waals surface area contributed by atoms with E-state index < -0.39 is 10.0 Å². The van der Waals surface area contributed by atoms with Gasteiger partial charge in [0, 0.05) is 12.1 Å². The fourth-order valence-corrected chi connectivity index (χ4v) is 2.88. The Bertz CT molecular complexity index is 574. The Balaban J connectivity index is 2.41. The SMILES string of the molecule is Cc1ccc2c(c1)C(NCC(C)C)=NS2(=O)=O. The van der Waals surface area contributed by atoms with Gasteiger partial charge < -0.3 is 5.32 Å². The van der Waals surface area contributed by atoms with Gasteiger partial charge in [-0.1, -0.05) is 25.5 Å². The molecule has 0 unspecified atom stereocenters. The molecule has 0 saturated heterocycles. The Labute approximate surface area is 102 Å². The van der Waals surface area contributed by atoms with Gasteiger partial charge in [0.05, 0.1) is 0 Å². The highest BCUT2D eigenvalue weighted by Crippen LogP contribution is 2.26. The third-order valence-corrected chi connectivity index (χ3v) is 3.89. The van der Waals surface area contributed by atoms with Crippen LogP contribution in [0.2, 0.25) is 0 Å². The Morgan fingerprint density at radius 3 is 2.71 bits per heavy atom. The zero-order valence-electron chi connectivity index (χ0n) is 10.2. The first kappa shape index (κ1) is 12.1. The minimum Gasteiger partial charge on any atom is -0.369 e. The van der Waals surface area contributed by atoms with E-state index >= 15 is 0 Å². The van der Waals surface area contributed by atoms with Crippen molar-refractivity contribution < 1.29 is 8.42 Å². The number of hydrogen-bond donors (Lipinski definition) is 1. The second-order valence-corrected chi connectivity index (χ2v) is 6.26. The summed E-state index contributed by atoms with van der Waals surface area (Å²) in [5.41, 5.74) is 1.71. The van der Waals surface area contributed by atoms with Crippen molar-refractivity contribution in [3.63, 3.8) is 0 Å². The van der Waals surface area contributed by atoms with E-state index in [0.717, 1.165) is 5.56 Å². The quantitative estimate of drug-likeness (QED) is 0.871. The maximum Gasteiger partial charge on any atom is 0.285 e. The summed E-state index contributed by atoms with van der Waals surface area (Å²) < 4.78 is 27.4. The summed E-state index contributed by atoms with van der Waals surface area (Å²) in [5, 5.41) is 3.09. The minimum absolute atomic E-state index is 0.300. The van der Waals surface area contributed by atoms with Crippen molar-refractivity contribution in [2.45, 2.75) is 25.7 Å². The highest BCUT2D eigenvalue weighted by atomic mass is 32.2. The van der Waals surface area contributed by atoms with Crippen LogP contribution in [-0.2, 0) is 10.0 Å². The number of nitrogens with zero attached hydrogens (tertiary/aromatic N) is 1. The molecule has 1 aromatic carbocycles.